The first-order chi connectivity index (χ1) is 9.56. The molecule has 1 amide bonds. The van der Waals surface area contributed by atoms with Crippen LogP contribution < -0.4 is 5.32 Å². The number of hydrogen-bond donors (Lipinski definition) is 1. The lowest BCUT2D eigenvalue weighted by atomic mass is 10.0. The maximum atomic E-state index is 12.2. The van der Waals surface area contributed by atoms with Crippen molar-refractivity contribution in [3.05, 3.63) is 29.3 Å². The average Bonchev–Trinajstić information content (AvgIpc) is 2.44. The van der Waals surface area contributed by atoms with Crippen LogP contribution in [0.15, 0.2) is 18.2 Å². The van der Waals surface area contributed by atoms with Gasteiger partial charge in [0.05, 0.1) is 25.9 Å². The van der Waals surface area contributed by atoms with E-state index < -0.39 is 0 Å². The zero-order chi connectivity index (χ0) is 14.5. The molecule has 4 heteroatoms. The molecule has 1 aromatic rings. The molecule has 0 aromatic heterocycles. The molecule has 0 saturated carbocycles. The van der Waals surface area contributed by atoms with Gasteiger partial charge in [0.1, 0.15) is 0 Å². The normalized spacial score (nSPS) is 20.4. The maximum absolute atomic E-state index is 12.2. The minimum atomic E-state index is -0.0957. The van der Waals surface area contributed by atoms with Gasteiger partial charge in [-0.1, -0.05) is 19.1 Å². The van der Waals surface area contributed by atoms with E-state index in [1.165, 1.54) is 0 Å². The van der Waals surface area contributed by atoms with Crippen molar-refractivity contribution in [3.63, 3.8) is 0 Å². The van der Waals surface area contributed by atoms with Crippen molar-refractivity contribution < 1.29 is 14.3 Å². The summed E-state index contributed by atoms with van der Waals surface area (Å²) < 4.78 is 10.9. The van der Waals surface area contributed by atoms with Crippen molar-refractivity contribution in [2.24, 2.45) is 5.92 Å². The van der Waals surface area contributed by atoms with Crippen LogP contribution in [-0.2, 0) is 14.3 Å². The van der Waals surface area contributed by atoms with Gasteiger partial charge in [-0.2, -0.15) is 0 Å². The topological polar surface area (TPSA) is 47.6 Å². The molecule has 1 heterocycles. The highest BCUT2D eigenvalue weighted by atomic mass is 16.6. The Hall–Kier alpha value is -1.39. The van der Waals surface area contributed by atoms with Crippen LogP contribution in [0, 0.1) is 19.8 Å². The van der Waals surface area contributed by atoms with E-state index in [9.17, 15) is 4.79 Å². The second kappa shape index (κ2) is 6.86. The molecule has 110 valence electrons. The Morgan fingerprint density at radius 2 is 2.20 bits per heavy atom. The SMILES string of the molecule is Cc1ccc(C)c(NC(=O)[C@H](C)C[C@H]2COCCO2)c1. The van der Waals surface area contributed by atoms with Crippen LogP contribution in [0.2, 0.25) is 0 Å². The monoisotopic (exact) mass is 277 g/mol. The van der Waals surface area contributed by atoms with E-state index in [1.54, 1.807) is 0 Å². The Kier molecular flexibility index (Phi) is 5.15. The van der Waals surface area contributed by atoms with Gasteiger partial charge in [-0.15, -0.1) is 0 Å². The summed E-state index contributed by atoms with van der Waals surface area (Å²) >= 11 is 0. The van der Waals surface area contributed by atoms with Crippen LogP contribution in [0.3, 0.4) is 0 Å². The highest BCUT2D eigenvalue weighted by Crippen LogP contribution is 2.19. The molecule has 2 atom stereocenters. The summed E-state index contributed by atoms with van der Waals surface area (Å²) in [6, 6.07) is 6.06. The molecule has 20 heavy (non-hydrogen) atoms. The molecular weight excluding hydrogens is 254 g/mol. The maximum Gasteiger partial charge on any atom is 0.227 e. The van der Waals surface area contributed by atoms with Gasteiger partial charge in [0.15, 0.2) is 0 Å². The number of nitrogens with one attached hydrogen (secondary N) is 1. The number of carbonyl (C=O) groups excluding carboxylic acids is 1. The lowest BCUT2D eigenvalue weighted by Crippen LogP contribution is -2.33. The highest BCUT2D eigenvalue weighted by molar-refractivity contribution is 5.93. The van der Waals surface area contributed by atoms with Gasteiger partial charge in [0.25, 0.3) is 0 Å². The van der Waals surface area contributed by atoms with E-state index in [0.717, 1.165) is 16.8 Å². The second-order valence-electron chi connectivity index (χ2n) is 5.51. The number of amides is 1. The van der Waals surface area contributed by atoms with Gasteiger partial charge in [0, 0.05) is 11.6 Å². The van der Waals surface area contributed by atoms with Gasteiger partial charge >= 0.3 is 0 Å². The van der Waals surface area contributed by atoms with Crippen LogP contribution in [-0.4, -0.2) is 31.8 Å². The lowest BCUT2D eigenvalue weighted by Gasteiger charge is -2.25. The first-order valence-corrected chi connectivity index (χ1v) is 7.13. The second-order valence-corrected chi connectivity index (χ2v) is 5.51. The Morgan fingerprint density at radius 3 is 2.90 bits per heavy atom. The number of rotatable bonds is 4. The van der Waals surface area contributed by atoms with Crippen molar-refractivity contribution in [1.29, 1.82) is 0 Å². The summed E-state index contributed by atoms with van der Waals surface area (Å²) in [4.78, 5) is 12.2. The smallest absolute Gasteiger partial charge is 0.227 e. The summed E-state index contributed by atoms with van der Waals surface area (Å²) in [5, 5.41) is 3.01. The molecule has 0 aliphatic carbocycles. The fraction of sp³-hybridized carbons (Fsp3) is 0.562. The Bertz CT molecular complexity index is 467. The fourth-order valence-corrected chi connectivity index (χ4v) is 2.30. The minimum Gasteiger partial charge on any atom is -0.376 e. The molecular formula is C16H23NO3. The predicted octanol–water partition coefficient (Wildman–Crippen LogP) is 2.68. The van der Waals surface area contributed by atoms with Gasteiger partial charge in [-0.25, -0.2) is 0 Å². The Morgan fingerprint density at radius 1 is 1.40 bits per heavy atom. The predicted molar refractivity (Wildman–Crippen MR) is 78.9 cm³/mol. The molecule has 1 fully saturated rings. The first-order valence-electron chi connectivity index (χ1n) is 7.13. The molecule has 2 rings (SSSR count). The van der Waals surface area contributed by atoms with Gasteiger partial charge in [-0.3, -0.25) is 4.79 Å². The third-order valence-electron chi connectivity index (χ3n) is 3.60. The summed E-state index contributed by atoms with van der Waals surface area (Å²) in [7, 11) is 0. The Labute approximate surface area is 120 Å². The van der Waals surface area contributed by atoms with E-state index >= 15 is 0 Å². The zero-order valence-electron chi connectivity index (χ0n) is 12.4. The molecule has 0 unspecified atom stereocenters. The Balaban J connectivity index is 1.91. The fourth-order valence-electron chi connectivity index (χ4n) is 2.30. The molecule has 1 saturated heterocycles. The molecule has 1 aliphatic heterocycles. The molecule has 0 spiro atoms. The van der Waals surface area contributed by atoms with E-state index in [0.29, 0.717) is 26.2 Å². The van der Waals surface area contributed by atoms with Crippen LogP contribution in [0.1, 0.15) is 24.5 Å². The summed E-state index contributed by atoms with van der Waals surface area (Å²) in [6.07, 6.45) is 0.722. The zero-order valence-corrected chi connectivity index (χ0v) is 12.4. The van der Waals surface area contributed by atoms with Crippen molar-refractivity contribution in [2.45, 2.75) is 33.3 Å². The number of ether oxygens (including phenoxy) is 2. The average molecular weight is 277 g/mol. The third-order valence-corrected chi connectivity index (χ3v) is 3.60. The van der Waals surface area contributed by atoms with E-state index in [1.807, 2.05) is 39.0 Å². The standard InChI is InChI=1S/C16H23NO3/c1-11-4-5-12(2)15(8-11)17-16(18)13(3)9-14-10-19-6-7-20-14/h4-5,8,13-14H,6-7,9-10H2,1-3H3,(H,17,18)/t13-,14+/m1/s1. The van der Waals surface area contributed by atoms with Crippen LogP contribution >= 0.6 is 0 Å². The number of anilines is 1. The van der Waals surface area contributed by atoms with E-state index in [2.05, 4.69) is 5.32 Å². The van der Waals surface area contributed by atoms with Crippen molar-refractivity contribution in [1.82, 2.24) is 0 Å². The van der Waals surface area contributed by atoms with Gasteiger partial charge in [-0.05, 0) is 37.5 Å². The quantitative estimate of drug-likeness (QED) is 0.920. The van der Waals surface area contributed by atoms with Crippen LogP contribution in [0.25, 0.3) is 0 Å². The van der Waals surface area contributed by atoms with Crippen molar-refractivity contribution in [2.75, 3.05) is 25.1 Å². The molecule has 1 N–H and O–H groups in total. The minimum absolute atomic E-state index is 0.0307. The molecule has 0 radical (unpaired) electrons. The van der Waals surface area contributed by atoms with Gasteiger partial charge < -0.3 is 14.8 Å². The number of hydrogen-bond acceptors (Lipinski definition) is 3. The largest absolute Gasteiger partial charge is 0.376 e. The van der Waals surface area contributed by atoms with Gasteiger partial charge in [0.2, 0.25) is 5.91 Å². The first kappa shape index (κ1) is 15.0. The summed E-state index contributed by atoms with van der Waals surface area (Å²) in [5.41, 5.74) is 3.11. The molecule has 0 bridgehead atoms. The highest BCUT2D eigenvalue weighted by Gasteiger charge is 2.22. The molecule has 1 aliphatic rings. The third kappa shape index (κ3) is 4.05. The summed E-state index contributed by atoms with van der Waals surface area (Å²) in [5.74, 6) is -0.0607. The lowest BCUT2D eigenvalue weighted by molar-refractivity contribution is -0.124. The molecule has 4 nitrogen and oxygen atoms in total. The number of benzene rings is 1. The van der Waals surface area contributed by atoms with Crippen LogP contribution in [0.5, 0.6) is 0 Å². The number of aryl methyl sites for hydroxylation is 2. The van der Waals surface area contributed by atoms with E-state index in [-0.39, 0.29) is 17.9 Å². The summed E-state index contributed by atoms with van der Waals surface area (Å²) in [6.45, 7) is 7.80. The van der Waals surface area contributed by atoms with Crippen molar-refractivity contribution >= 4 is 11.6 Å². The van der Waals surface area contributed by atoms with Crippen molar-refractivity contribution in [3.8, 4) is 0 Å². The number of carbonyl (C=O) groups is 1. The molecule has 1 aromatic carbocycles. The van der Waals surface area contributed by atoms with E-state index in [4.69, 9.17) is 9.47 Å². The van der Waals surface area contributed by atoms with Crippen LogP contribution in [0.4, 0.5) is 5.69 Å².